The standard InChI is InChI=1S/C19H25N5O3/c1-12-18(27-13(2)22-12)19(26)23-7-6-16-14(10-23)3-4-17(25)24(16)8-5-15-9-20-11-21-15/h9,11,14,16H,3-8,10H2,1-2H3,(H,20,21)/t14-,16+/m0/s1. The highest BCUT2D eigenvalue weighted by atomic mass is 16.4. The van der Waals surface area contributed by atoms with E-state index in [0.29, 0.717) is 49.3 Å². The minimum atomic E-state index is -0.0903. The van der Waals surface area contributed by atoms with Crippen LogP contribution in [0.3, 0.4) is 0 Å². The van der Waals surface area contributed by atoms with Crippen molar-refractivity contribution in [2.75, 3.05) is 19.6 Å². The second kappa shape index (κ2) is 7.17. The molecule has 0 unspecified atom stereocenters. The number of carbonyl (C=O) groups is 2. The maximum atomic E-state index is 12.8. The Morgan fingerprint density at radius 2 is 2.22 bits per heavy atom. The average Bonchev–Trinajstić information content (AvgIpc) is 3.29. The fourth-order valence-electron chi connectivity index (χ4n) is 4.36. The van der Waals surface area contributed by atoms with Crippen molar-refractivity contribution in [2.45, 2.75) is 45.6 Å². The first-order valence-corrected chi connectivity index (χ1v) is 9.53. The molecule has 4 rings (SSSR count). The number of hydrogen-bond acceptors (Lipinski definition) is 5. The average molecular weight is 371 g/mol. The van der Waals surface area contributed by atoms with Crippen molar-refractivity contribution in [3.8, 4) is 0 Å². The molecule has 0 radical (unpaired) electrons. The van der Waals surface area contributed by atoms with Gasteiger partial charge in [-0.15, -0.1) is 0 Å². The van der Waals surface area contributed by atoms with Gasteiger partial charge in [0.1, 0.15) is 0 Å². The Labute approximate surface area is 158 Å². The summed E-state index contributed by atoms with van der Waals surface area (Å²) in [7, 11) is 0. The highest BCUT2D eigenvalue weighted by molar-refractivity contribution is 5.92. The summed E-state index contributed by atoms with van der Waals surface area (Å²) in [5.74, 6) is 1.30. The molecule has 0 saturated carbocycles. The van der Waals surface area contributed by atoms with Crippen LogP contribution in [0.15, 0.2) is 16.9 Å². The molecule has 144 valence electrons. The van der Waals surface area contributed by atoms with Crippen molar-refractivity contribution in [1.82, 2.24) is 24.8 Å². The maximum Gasteiger partial charge on any atom is 0.291 e. The SMILES string of the molecule is Cc1nc(C)c(C(=O)N2CC[C@@H]3[C@@H](CCC(=O)N3CCc3cnc[nH]3)C2)o1. The van der Waals surface area contributed by atoms with E-state index in [1.807, 2.05) is 9.80 Å². The van der Waals surface area contributed by atoms with E-state index in [1.165, 1.54) is 0 Å². The number of H-pyrrole nitrogens is 1. The summed E-state index contributed by atoms with van der Waals surface area (Å²) >= 11 is 0. The van der Waals surface area contributed by atoms with Gasteiger partial charge in [-0.2, -0.15) is 0 Å². The van der Waals surface area contributed by atoms with Crippen molar-refractivity contribution in [3.63, 3.8) is 0 Å². The summed E-state index contributed by atoms with van der Waals surface area (Å²) < 4.78 is 5.51. The molecule has 2 aliphatic rings. The Hall–Kier alpha value is -2.64. The van der Waals surface area contributed by atoms with Gasteiger partial charge >= 0.3 is 0 Å². The van der Waals surface area contributed by atoms with Crippen LogP contribution < -0.4 is 0 Å². The molecule has 8 heteroatoms. The minimum Gasteiger partial charge on any atom is -0.436 e. The van der Waals surface area contributed by atoms with Gasteiger partial charge in [0, 0.05) is 57.3 Å². The first-order chi connectivity index (χ1) is 13.0. The summed E-state index contributed by atoms with van der Waals surface area (Å²) in [5.41, 5.74) is 1.67. The lowest BCUT2D eigenvalue weighted by Gasteiger charge is -2.47. The molecule has 0 aliphatic carbocycles. The van der Waals surface area contributed by atoms with Crippen molar-refractivity contribution in [3.05, 3.63) is 35.6 Å². The van der Waals surface area contributed by atoms with E-state index in [2.05, 4.69) is 15.0 Å². The maximum absolute atomic E-state index is 12.8. The van der Waals surface area contributed by atoms with Gasteiger partial charge in [-0.3, -0.25) is 9.59 Å². The van der Waals surface area contributed by atoms with Gasteiger partial charge < -0.3 is 19.2 Å². The molecule has 0 aromatic carbocycles. The molecule has 0 bridgehead atoms. The number of piperidine rings is 2. The Balaban J connectivity index is 1.43. The van der Waals surface area contributed by atoms with E-state index >= 15 is 0 Å². The topological polar surface area (TPSA) is 95.3 Å². The predicted molar refractivity (Wildman–Crippen MR) is 97.0 cm³/mol. The monoisotopic (exact) mass is 371 g/mol. The zero-order chi connectivity index (χ0) is 19.0. The van der Waals surface area contributed by atoms with E-state index in [1.54, 1.807) is 26.4 Å². The Morgan fingerprint density at radius 3 is 2.93 bits per heavy atom. The largest absolute Gasteiger partial charge is 0.436 e. The van der Waals surface area contributed by atoms with Crippen LogP contribution in [0.4, 0.5) is 0 Å². The van der Waals surface area contributed by atoms with Gasteiger partial charge in [0.15, 0.2) is 5.89 Å². The van der Waals surface area contributed by atoms with Crippen LogP contribution in [0.25, 0.3) is 0 Å². The number of aromatic amines is 1. The number of amides is 2. The first kappa shape index (κ1) is 17.8. The number of nitrogens with one attached hydrogen (secondary N) is 1. The molecule has 2 amide bonds. The number of aromatic nitrogens is 3. The molecule has 2 aromatic rings. The van der Waals surface area contributed by atoms with Gasteiger partial charge in [0.25, 0.3) is 5.91 Å². The van der Waals surface area contributed by atoms with Crippen molar-refractivity contribution >= 4 is 11.8 Å². The van der Waals surface area contributed by atoms with E-state index in [4.69, 9.17) is 4.42 Å². The second-order valence-electron chi connectivity index (χ2n) is 7.47. The van der Waals surface area contributed by atoms with Gasteiger partial charge in [-0.25, -0.2) is 9.97 Å². The number of carbonyl (C=O) groups excluding carboxylic acids is 2. The molecule has 8 nitrogen and oxygen atoms in total. The van der Waals surface area contributed by atoms with E-state index < -0.39 is 0 Å². The van der Waals surface area contributed by atoms with E-state index in [0.717, 1.165) is 25.0 Å². The third-order valence-electron chi connectivity index (χ3n) is 5.71. The summed E-state index contributed by atoms with van der Waals surface area (Å²) in [5, 5.41) is 0. The van der Waals surface area contributed by atoms with Gasteiger partial charge in [0.2, 0.25) is 11.7 Å². The molecule has 27 heavy (non-hydrogen) atoms. The lowest BCUT2D eigenvalue weighted by atomic mass is 9.83. The number of rotatable bonds is 4. The molecule has 2 atom stereocenters. The fraction of sp³-hybridized carbons (Fsp3) is 0.579. The van der Waals surface area contributed by atoms with Crippen molar-refractivity contribution in [1.29, 1.82) is 0 Å². The van der Waals surface area contributed by atoms with Crippen LogP contribution in [-0.4, -0.2) is 62.2 Å². The Morgan fingerprint density at radius 1 is 1.37 bits per heavy atom. The molecule has 1 N–H and O–H groups in total. The van der Waals surface area contributed by atoms with Crippen molar-refractivity contribution < 1.29 is 14.0 Å². The number of oxazole rings is 1. The molecule has 2 aromatic heterocycles. The second-order valence-corrected chi connectivity index (χ2v) is 7.47. The highest BCUT2D eigenvalue weighted by Crippen LogP contribution is 2.32. The predicted octanol–water partition coefficient (Wildman–Crippen LogP) is 1.71. The molecule has 2 aliphatic heterocycles. The number of nitrogens with zero attached hydrogens (tertiary/aromatic N) is 4. The lowest BCUT2D eigenvalue weighted by Crippen LogP contribution is -2.57. The third-order valence-corrected chi connectivity index (χ3v) is 5.71. The van der Waals surface area contributed by atoms with E-state index in [9.17, 15) is 9.59 Å². The zero-order valence-electron chi connectivity index (χ0n) is 15.8. The van der Waals surface area contributed by atoms with Gasteiger partial charge in [-0.1, -0.05) is 0 Å². The van der Waals surface area contributed by atoms with Gasteiger partial charge in [0.05, 0.1) is 12.0 Å². The highest BCUT2D eigenvalue weighted by Gasteiger charge is 2.40. The summed E-state index contributed by atoms with van der Waals surface area (Å²) in [4.78, 5) is 40.5. The summed E-state index contributed by atoms with van der Waals surface area (Å²) in [6.07, 6.45) is 6.42. The normalized spacial score (nSPS) is 22.8. The number of imidazole rings is 1. The lowest BCUT2D eigenvalue weighted by molar-refractivity contribution is -0.140. The molecule has 4 heterocycles. The zero-order valence-corrected chi connectivity index (χ0v) is 15.8. The number of hydrogen-bond donors (Lipinski definition) is 1. The van der Waals surface area contributed by atoms with Crippen LogP contribution in [-0.2, 0) is 11.2 Å². The van der Waals surface area contributed by atoms with E-state index in [-0.39, 0.29) is 17.9 Å². The fourth-order valence-corrected chi connectivity index (χ4v) is 4.36. The van der Waals surface area contributed by atoms with Crippen molar-refractivity contribution in [2.24, 2.45) is 5.92 Å². The molecule has 2 saturated heterocycles. The number of fused-ring (bicyclic) bond motifs is 1. The van der Waals surface area contributed by atoms with Crippen LogP contribution in [0, 0.1) is 19.8 Å². The van der Waals surface area contributed by atoms with Gasteiger partial charge in [-0.05, 0) is 25.7 Å². The number of likely N-dealkylation sites (tertiary alicyclic amines) is 2. The molecular formula is C19H25N5O3. The molecule has 0 spiro atoms. The Kier molecular flexibility index (Phi) is 4.72. The smallest absolute Gasteiger partial charge is 0.291 e. The molecular weight excluding hydrogens is 346 g/mol. The van der Waals surface area contributed by atoms with Crippen LogP contribution in [0.1, 0.15) is 47.1 Å². The Bertz CT molecular complexity index is 829. The first-order valence-electron chi connectivity index (χ1n) is 9.53. The minimum absolute atomic E-state index is 0.0903. The van der Waals surface area contributed by atoms with Crippen LogP contribution in [0.2, 0.25) is 0 Å². The quantitative estimate of drug-likeness (QED) is 0.883. The third kappa shape index (κ3) is 3.48. The molecule has 2 fully saturated rings. The van der Waals surface area contributed by atoms with Crippen LogP contribution in [0.5, 0.6) is 0 Å². The summed E-state index contributed by atoms with van der Waals surface area (Å²) in [6.45, 7) is 5.54. The summed E-state index contributed by atoms with van der Waals surface area (Å²) in [6, 6.07) is 0.204. The van der Waals surface area contributed by atoms with Crippen LogP contribution >= 0.6 is 0 Å². The number of aryl methyl sites for hydroxylation is 2.